The number of ether oxygens (including phenoxy) is 1. The van der Waals surface area contributed by atoms with Gasteiger partial charge in [-0.25, -0.2) is 4.98 Å². The lowest BCUT2D eigenvalue weighted by atomic mass is 10.0. The van der Waals surface area contributed by atoms with Gasteiger partial charge in [-0.3, -0.25) is 10.1 Å². The number of hydrogen-bond acceptors (Lipinski definition) is 4. The minimum absolute atomic E-state index is 0.205. The SMILES string of the molecule is CCOc1ccc2ccccc2c1C(=O)Nc1nc2ccc(C(C)C)cc2s1. The molecule has 1 amide bonds. The fourth-order valence-corrected chi connectivity index (χ4v) is 4.18. The summed E-state index contributed by atoms with van der Waals surface area (Å²) in [4.78, 5) is 17.7. The van der Waals surface area contributed by atoms with Crippen molar-refractivity contribution in [1.29, 1.82) is 0 Å². The van der Waals surface area contributed by atoms with Crippen LogP contribution in [0.25, 0.3) is 21.0 Å². The van der Waals surface area contributed by atoms with Crippen molar-refractivity contribution in [2.45, 2.75) is 26.7 Å². The smallest absolute Gasteiger partial charge is 0.261 e. The monoisotopic (exact) mass is 390 g/mol. The van der Waals surface area contributed by atoms with Crippen molar-refractivity contribution in [1.82, 2.24) is 4.98 Å². The molecule has 4 aromatic rings. The van der Waals surface area contributed by atoms with Gasteiger partial charge in [0.2, 0.25) is 0 Å². The number of hydrogen-bond donors (Lipinski definition) is 1. The number of rotatable bonds is 5. The second kappa shape index (κ2) is 7.60. The Bertz CT molecular complexity index is 1160. The lowest BCUT2D eigenvalue weighted by Crippen LogP contribution is -2.14. The zero-order valence-corrected chi connectivity index (χ0v) is 17.0. The third kappa shape index (κ3) is 3.45. The van der Waals surface area contributed by atoms with E-state index in [2.05, 4.69) is 36.3 Å². The average Bonchev–Trinajstić information content (AvgIpc) is 3.09. The molecule has 142 valence electrons. The third-order valence-electron chi connectivity index (χ3n) is 4.72. The zero-order valence-electron chi connectivity index (χ0n) is 16.2. The molecule has 5 heteroatoms. The summed E-state index contributed by atoms with van der Waals surface area (Å²) in [5.74, 6) is 0.833. The van der Waals surface area contributed by atoms with Crippen LogP contribution >= 0.6 is 11.3 Å². The molecule has 1 N–H and O–H groups in total. The molecule has 0 aliphatic heterocycles. The number of nitrogens with one attached hydrogen (secondary N) is 1. The first-order valence-corrected chi connectivity index (χ1v) is 10.2. The number of thiazole rings is 1. The highest BCUT2D eigenvalue weighted by Crippen LogP contribution is 2.32. The maximum Gasteiger partial charge on any atom is 0.261 e. The molecule has 1 aromatic heterocycles. The average molecular weight is 391 g/mol. The predicted octanol–water partition coefficient (Wildman–Crippen LogP) is 6.22. The summed E-state index contributed by atoms with van der Waals surface area (Å²) in [5, 5.41) is 5.44. The topological polar surface area (TPSA) is 51.2 Å². The summed E-state index contributed by atoms with van der Waals surface area (Å²) in [6.07, 6.45) is 0. The van der Waals surface area contributed by atoms with E-state index in [1.54, 1.807) is 0 Å². The van der Waals surface area contributed by atoms with Crippen molar-refractivity contribution in [3.63, 3.8) is 0 Å². The number of carbonyl (C=O) groups is 1. The fraction of sp³-hybridized carbons (Fsp3) is 0.217. The highest BCUT2D eigenvalue weighted by molar-refractivity contribution is 7.22. The molecule has 28 heavy (non-hydrogen) atoms. The molecule has 4 rings (SSSR count). The van der Waals surface area contributed by atoms with E-state index in [0.717, 1.165) is 21.0 Å². The summed E-state index contributed by atoms with van der Waals surface area (Å²) in [6.45, 7) is 6.75. The minimum Gasteiger partial charge on any atom is -0.493 e. The van der Waals surface area contributed by atoms with Crippen LogP contribution in [0.3, 0.4) is 0 Å². The lowest BCUT2D eigenvalue weighted by Gasteiger charge is -2.12. The molecule has 0 fully saturated rings. The molecule has 4 nitrogen and oxygen atoms in total. The first-order valence-electron chi connectivity index (χ1n) is 9.43. The van der Waals surface area contributed by atoms with Crippen molar-refractivity contribution in [3.05, 3.63) is 65.7 Å². The molecule has 0 unspecified atom stereocenters. The molecule has 3 aromatic carbocycles. The van der Waals surface area contributed by atoms with Gasteiger partial charge in [0.1, 0.15) is 5.75 Å². The van der Waals surface area contributed by atoms with E-state index in [-0.39, 0.29) is 5.91 Å². The van der Waals surface area contributed by atoms with E-state index in [1.165, 1.54) is 16.9 Å². The van der Waals surface area contributed by atoms with E-state index in [4.69, 9.17) is 4.74 Å². The highest BCUT2D eigenvalue weighted by Gasteiger charge is 2.18. The van der Waals surface area contributed by atoms with Crippen LogP contribution in [0.1, 0.15) is 42.6 Å². The number of nitrogens with zero attached hydrogens (tertiary/aromatic N) is 1. The van der Waals surface area contributed by atoms with Crippen LogP contribution in [0.2, 0.25) is 0 Å². The van der Waals surface area contributed by atoms with Crippen molar-refractivity contribution in [3.8, 4) is 5.75 Å². The van der Waals surface area contributed by atoms with Crippen LogP contribution in [0.15, 0.2) is 54.6 Å². The summed E-state index contributed by atoms with van der Waals surface area (Å²) >= 11 is 1.49. The molecular formula is C23H22N2O2S. The van der Waals surface area contributed by atoms with Gasteiger partial charge >= 0.3 is 0 Å². The minimum atomic E-state index is -0.205. The lowest BCUT2D eigenvalue weighted by molar-refractivity contribution is 0.102. The van der Waals surface area contributed by atoms with Gasteiger partial charge in [-0.05, 0) is 47.4 Å². The maximum absolute atomic E-state index is 13.2. The number of carbonyl (C=O) groups excluding carboxylic acids is 1. The Hall–Kier alpha value is -2.92. The zero-order chi connectivity index (χ0) is 19.7. The standard InChI is InChI=1S/C23H22N2O2S/c1-4-27-19-12-10-15-7-5-6-8-17(15)21(19)22(26)25-23-24-18-11-9-16(14(2)3)13-20(18)28-23/h5-14H,4H2,1-3H3,(H,24,25,26). The van der Waals surface area contributed by atoms with Crippen LogP contribution in [0.5, 0.6) is 5.75 Å². The van der Waals surface area contributed by atoms with E-state index in [1.807, 2.05) is 49.4 Å². The molecule has 0 saturated heterocycles. The quantitative estimate of drug-likeness (QED) is 0.440. The van der Waals surface area contributed by atoms with E-state index < -0.39 is 0 Å². The molecule has 0 saturated carbocycles. The Morgan fingerprint density at radius 3 is 2.75 bits per heavy atom. The van der Waals surface area contributed by atoms with Crippen molar-refractivity contribution in [2.75, 3.05) is 11.9 Å². The highest BCUT2D eigenvalue weighted by atomic mass is 32.1. The molecule has 0 radical (unpaired) electrons. The molecule has 0 bridgehead atoms. The van der Waals surface area contributed by atoms with Crippen LogP contribution in [0, 0.1) is 0 Å². The fourth-order valence-electron chi connectivity index (χ4n) is 3.27. The number of amides is 1. The molecule has 0 aliphatic rings. The summed E-state index contributed by atoms with van der Waals surface area (Å²) in [5.41, 5.74) is 2.71. The molecular weight excluding hydrogens is 368 g/mol. The van der Waals surface area contributed by atoms with Crippen molar-refractivity contribution in [2.24, 2.45) is 0 Å². The van der Waals surface area contributed by atoms with E-state index in [0.29, 0.717) is 29.0 Å². The molecule has 1 heterocycles. The van der Waals surface area contributed by atoms with Crippen molar-refractivity contribution >= 4 is 43.4 Å². The number of aromatic nitrogens is 1. The number of benzene rings is 3. The Balaban J connectivity index is 1.72. The van der Waals surface area contributed by atoms with Gasteiger partial charge in [0, 0.05) is 0 Å². The van der Waals surface area contributed by atoms with Crippen LogP contribution in [0.4, 0.5) is 5.13 Å². The van der Waals surface area contributed by atoms with Gasteiger partial charge in [-0.2, -0.15) is 0 Å². The number of fused-ring (bicyclic) bond motifs is 2. The summed E-state index contributed by atoms with van der Waals surface area (Å²) < 4.78 is 6.80. The number of anilines is 1. The normalized spacial score (nSPS) is 11.3. The Kier molecular flexibility index (Phi) is 5.01. The van der Waals surface area contributed by atoms with Crippen LogP contribution in [-0.4, -0.2) is 17.5 Å². The first-order chi connectivity index (χ1) is 13.6. The van der Waals surface area contributed by atoms with Gasteiger partial charge < -0.3 is 4.74 Å². The first kappa shape index (κ1) is 18.4. The van der Waals surface area contributed by atoms with E-state index >= 15 is 0 Å². The largest absolute Gasteiger partial charge is 0.493 e. The second-order valence-corrected chi connectivity index (χ2v) is 7.98. The molecule has 0 aliphatic carbocycles. The van der Waals surface area contributed by atoms with E-state index in [9.17, 15) is 4.79 Å². The van der Waals surface area contributed by atoms with Crippen LogP contribution < -0.4 is 10.1 Å². The Morgan fingerprint density at radius 1 is 1.14 bits per heavy atom. The van der Waals surface area contributed by atoms with Gasteiger partial charge in [-0.1, -0.05) is 61.6 Å². The molecule has 0 spiro atoms. The Labute approximate surface area is 168 Å². The summed E-state index contributed by atoms with van der Waals surface area (Å²) in [6, 6.07) is 17.9. The van der Waals surface area contributed by atoms with Gasteiger partial charge in [-0.15, -0.1) is 0 Å². The van der Waals surface area contributed by atoms with Crippen LogP contribution in [-0.2, 0) is 0 Å². The maximum atomic E-state index is 13.2. The Morgan fingerprint density at radius 2 is 1.96 bits per heavy atom. The van der Waals surface area contributed by atoms with Gasteiger partial charge in [0.25, 0.3) is 5.91 Å². The summed E-state index contributed by atoms with van der Waals surface area (Å²) in [7, 11) is 0. The van der Waals surface area contributed by atoms with Crippen molar-refractivity contribution < 1.29 is 9.53 Å². The second-order valence-electron chi connectivity index (χ2n) is 6.95. The predicted molar refractivity (Wildman–Crippen MR) is 117 cm³/mol. The third-order valence-corrected chi connectivity index (χ3v) is 5.65. The van der Waals surface area contributed by atoms with Gasteiger partial charge in [0.05, 0.1) is 22.4 Å². The molecule has 0 atom stereocenters. The van der Waals surface area contributed by atoms with Gasteiger partial charge in [0.15, 0.2) is 5.13 Å².